The molecule has 1 rings (SSSR count). The molecule has 0 saturated carbocycles. The second-order valence-corrected chi connectivity index (χ2v) is 5.06. The maximum absolute atomic E-state index is 12.1. The van der Waals surface area contributed by atoms with Crippen LogP contribution in [0.2, 0.25) is 0 Å². The molecule has 0 bridgehead atoms. The molecule has 0 aliphatic rings. The SMILES string of the molecule is Cc1ccccc1CN(C)C(=O)CN(C)CCC(=O)O.Cl. The van der Waals surface area contributed by atoms with Crippen molar-refractivity contribution in [2.75, 3.05) is 27.2 Å². The van der Waals surface area contributed by atoms with E-state index in [4.69, 9.17) is 5.11 Å². The maximum atomic E-state index is 12.1. The quantitative estimate of drug-likeness (QED) is 0.833. The van der Waals surface area contributed by atoms with E-state index in [-0.39, 0.29) is 31.3 Å². The highest BCUT2D eigenvalue weighted by atomic mass is 35.5. The Labute approximate surface area is 132 Å². The van der Waals surface area contributed by atoms with E-state index in [2.05, 4.69) is 0 Å². The molecule has 0 aromatic heterocycles. The minimum atomic E-state index is -0.849. The first kappa shape index (κ1) is 19.4. The third kappa shape index (κ3) is 7.11. The lowest BCUT2D eigenvalue weighted by Crippen LogP contribution is -2.37. The minimum Gasteiger partial charge on any atom is -0.481 e. The number of hydrogen-bond acceptors (Lipinski definition) is 3. The van der Waals surface area contributed by atoms with Crippen LogP contribution in [0.15, 0.2) is 24.3 Å². The minimum absolute atomic E-state index is 0. The van der Waals surface area contributed by atoms with Gasteiger partial charge >= 0.3 is 5.97 Å². The Balaban J connectivity index is 0.00000400. The number of nitrogens with zero attached hydrogens (tertiary/aromatic N) is 2. The number of hydrogen-bond donors (Lipinski definition) is 1. The van der Waals surface area contributed by atoms with Crippen LogP contribution in [0, 0.1) is 6.92 Å². The van der Waals surface area contributed by atoms with Crippen LogP contribution in [0.5, 0.6) is 0 Å². The van der Waals surface area contributed by atoms with Crippen LogP contribution < -0.4 is 0 Å². The molecule has 5 nitrogen and oxygen atoms in total. The van der Waals surface area contributed by atoms with Gasteiger partial charge in [0.15, 0.2) is 0 Å². The van der Waals surface area contributed by atoms with Crippen molar-refractivity contribution in [1.82, 2.24) is 9.80 Å². The van der Waals surface area contributed by atoms with Crippen LogP contribution in [0.4, 0.5) is 0 Å². The number of carbonyl (C=O) groups is 2. The van der Waals surface area contributed by atoms with Gasteiger partial charge in [0, 0.05) is 20.1 Å². The molecule has 0 aliphatic heterocycles. The fourth-order valence-corrected chi connectivity index (χ4v) is 1.85. The molecule has 1 aromatic carbocycles. The first-order valence-electron chi connectivity index (χ1n) is 6.59. The Bertz CT molecular complexity index is 480. The number of benzene rings is 1. The van der Waals surface area contributed by atoms with E-state index in [0.717, 1.165) is 11.1 Å². The summed E-state index contributed by atoms with van der Waals surface area (Å²) in [6.07, 6.45) is 0.0469. The molecule has 0 unspecified atom stereocenters. The largest absolute Gasteiger partial charge is 0.481 e. The van der Waals surface area contributed by atoms with Gasteiger partial charge in [0.05, 0.1) is 13.0 Å². The number of halogens is 1. The van der Waals surface area contributed by atoms with Gasteiger partial charge in [-0.15, -0.1) is 12.4 Å². The summed E-state index contributed by atoms with van der Waals surface area (Å²) in [4.78, 5) is 25.9. The van der Waals surface area contributed by atoms with Crippen molar-refractivity contribution < 1.29 is 14.7 Å². The second kappa shape index (κ2) is 9.37. The Morgan fingerprint density at radius 2 is 1.81 bits per heavy atom. The average molecular weight is 315 g/mol. The number of aliphatic carboxylic acids is 1. The van der Waals surface area contributed by atoms with Crippen molar-refractivity contribution in [1.29, 1.82) is 0 Å². The van der Waals surface area contributed by atoms with Gasteiger partial charge in [0.25, 0.3) is 0 Å². The van der Waals surface area contributed by atoms with Crippen molar-refractivity contribution in [2.24, 2.45) is 0 Å². The molecule has 0 atom stereocenters. The zero-order valence-electron chi connectivity index (χ0n) is 12.7. The summed E-state index contributed by atoms with van der Waals surface area (Å²) in [5.74, 6) is -0.862. The van der Waals surface area contributed by atoms with Crippen molar-refractivity contribution in [3.8, 4) is 0 Å². The van der Waals surface area contributed by atoms with Crippen molar-refractivity contribution in [3.63, 3.8) is 0 Å². The fourth-order valence-electron chi connectivity index (χ4n) is 1.85. The molecular formula is C15H23ClN2O3. The van der Waals surface area contributed by atoms with Crippen LogP contribution in [0.1, 0.15) is 17.5 Å². The average Bonchev–Trinajstić information content (AvgIpc) is 2.39. The lowest BCUT2D eigenvalue weighted by atomic mass is 10.1. The van der Waals surface area contributed by atoms with Gasteiger partial charge in [-0.3, -0.25) is 14.5 Å². The smallest absolute Gasteiger partial charge is 0.304 e. The maximum Gasteiger partial charge on any atom is 0.304 e. The van der Waals surface area contributed by atoms with E-state index < -0.39 is 5.97 Å². The second-order valence-electron chi connectivity index (χ2n) is 5.06. The summed E-state index contributed by atoms with van der Waals surface area (Å²) in [5, 5.41) is 8.61. The normalized spacial score (nSPS) is 10.1. The Hall–Kier alpha value is -1.59. The summed E-state index contributed by atoms with van der Waals surface area (Å²) < 4.78 is 0. The van der Waals surface area contributed by atoms with Crippen molar-refractivity contribution in [3.05, 3.63) is 35.4 Å². The van der Waals surface area contributed by atoms with Gasteiger partial charge in [-0.25, -0.2) is 0 Å². The lowest BCUT2D eigenvalue weighted by molar-refractivity contribution is -0.138. The third-order valence-electron chi connectivity index (χ3n) is 3.21. The molecule has 0 spiro atoms. The van der Waals surface area contributed by atoms with E-state index in [9.17, 15) is 9.59 Å². The first-order chi connectivity index (χ1) is 9.40. The molecule has 21 heavy (non-hydrogen) atoms. The predicted octanol–water partition coefficient (Wildman–Crippen LogP) is 1.78. The lowest BCUT2D eigenvalue weighted by Gasteiger charge is -2.22. The Morgan fingerprint density at radius 1 is 1.19 bits per heavy atom. The number of rotatable bonds is 7. The number of amides is 1. The molecule has 0 fully saturated rings. The summed E-state index contributed by atoms with van der Waals surface area (Å²) in [7, 11) is 3.52. The van der Waals surface area contributed by atoms with Crippen LogP contribution in [0.25, 0.3) is 0 Å². The molecule has 0 heterocycles. The topological polar surface area (TPSA) is 60.9 Å². The summed E-state index contributed by atoms with van der Waals surface area (Å²) in [6.45, 7) is 3.19. The highest BCUT2D eigenvalue weighted by molar-refractivity contribution is 5.85. The van der Waals surface area contributed by atoms with Gasteiger partial charge in [-0.1, -0.05) is 24.3 Å². The highest BCUT2D eigenvalue weighted by Crippen LogP contribution is 2.09. The third-order valence-corrected chi connectivity index (χ3v) is 3.21. The summed E-state index contributed by atoms with van der Waals surface area (Å²) >= 11 is 0. The Morgan fingerprint density at radius 3 is 2.38 bits per heavy atom. The number of carbonyl (C=O) groups excluding carboxylic acids is 1. The molecule has 1 amide bonds. The monoisotopic (exact) mass is 314 g/mol. The van der Waals surface area contributed by atoms with Crippen LogP contribution in [-0.4, -0.2) is 54.0 Å². The standard InChI is InChI=1S/C15H22N2O3.ClH/c1-12-6-4-5-7-13(12)10-17(3)14(18)11-16(2)9-8-15(19)20;/h4-7H,8-11H2,1-3H3,(H,19,20);1H. The molecule has 0 radical (unpaired) electrons. The zero-order chi connectivity index (χ0) is 15.1. The fraction of sp³-hybridized carbons (Fsp3) is 0.467. The first-order valence-corrected chi connectivity index (χ1v) is 6.59. The predicted molar refractivity (Wildman–Crippen MR) is 84.7 cm³/mol. The van der Waals surface area contributed by atoms with Gasteiger partial charge < -0.3 is 10.0 Å². The van der Waals surface area contributed by atoms with Crippen LogP contribution in [0.3, 0.4) is 0 Å². The molecule has 0 aliphatic carbocycles. The molecule has 118 valence electrons. The van der Waals surface area contributed by atoms with E-state index >= 15 is 0 Å². The molecule has 1 aromatic rings. The summed E-state index contributed by atoms with van der Waals surface area (Å²) in [5.41, 5.74) is 2.28. The molecule has 1 N–H and O–H groups in total. The van der Waals surface area contributed by atoms with Gasteiger partial charge in [-0.05, 0) is 25.1 Å². The Kier molecular flexibility index (Phi) is 8.66. The number of likely N-dealkylation sites (N-methyl/N-ethyl adjacent to an activating group) is 2. The van der Waals surface area contributed by atoms with Crippen molar-refractivity contribution >= 4 is 24.3 Å². The van der Waals surface area contributed by atoms with E-state index in [0.29, 0.717) is 13.1 Å². The van der Waals surface area contributed by atoms with Crippen molar-refractivity contribution in [2.45, 2.75) is 19.9 Å². The van der Waals surface area contributed by atoms with Gasteiger partial charge in [-0.2, -0.15) is 0 Å². The van der Waals surface area contributed by atoms with Gasteiger partial charge in [0.2, 0.25) is 5.91 Å². The van der Waals surface area contributed by atoms with Gasteiger partial charge in [0.1, 0.15) is 0 Å². The van der Waals surface area contributed by atoms with E-state index in [1.807, 2.05) is 31.2 Å². The van der Waals surface area contributed by atoms with Crippen LogP contribution in [-0.2, 0) is 16.1 Å². The van der Waals surface area contributed by atoms with E-state index in [1.165, 1.54) is 0 Å². The molecule has 6 heteroatoms. The number of aryl methyl sites for hydroxylation is 1. The zero-order valence-corrected chi connectivity index (χ0v) is 13.5. The summed E-state index contributed by atoms with van der Waals surface area (Å²) in [6, 6.07) is 7.96. The number of carboxylic acid groups (broad SMARTS) is 1. The molecule has 0 saturated heterocycles. The van der Waals surface area contributed by atoms with E-state index in [1.54, 1.807) is 23.9 Å². The van der Waals surface area contributed by atoms with Crippen LogP contribution >= 0.6 is 12.4 Å². The molecular weight excluding hydrogens is 292 g/mol. The highest BCUT2D eigenvalue weighted by Gasteiger charge is 2.13. The number of carboxylic acids is 1.